The third-order valence-corrected chi connectivity index (χ3v) is 3.60. The molecular formula is C16H10N2OS. The molecule has 0 amide bonds. The van der Waals surface area contributed by atoms with Gasteiger partial charge in [0.15, 0.2) is 11.6 Å². The number of hydrogen-bond acceptors (Lipinski definition) is 3. The number of aromatic amines is 1. The van der Waals surface area contributed by atoms with Gasteiger partial charge in [0.25, 0.3) is 0 Å². The van der Waals surface area contributed by atoms with Crippen molar-refractivity contribution in [1.29, 1.82) is 0 Å². The number of nitrogens with one attached hydrogen (secondary N) is 1. The van der Waals surface area contributed by atoms with Crippen LogP contribution in [0.25, 0.3) is 33.6 Å². The van der Waals surface area contributed by atoms with Crippen molar-refractivity contribution in [2.45, 2.75) is 0 Å². The summed E-state index contributed by atoms with van der Waals surface area (Å²) in [6, 6.07) is 17.5. The molecule has 0 spiro atoms. The second-order valence-corrected chi connectivity index (χ2v) is 5.01. The minimum absolute atomic E-state index is 0.657. The van der Waals surface area contributed by atoms with E-state index >= 15 is 0 Å². The minimum atomic E-state index is 0.657. The molecule has 0 fully saturated rings. The van der Waals surface area contributed by atoms with Crippen LogP contribution in [0.4, 0.5) is 0 Å². The molecule has 1 N–H and O–H groups in total. The number of hydrogen-bond donors (Lipinski definition) is 1. The fourth-order valence-electron chi connectivity index (χ4n) is 2.29. The van der Waals surface area contributed by atoms with Crippen molar-refractivity contribution in [1.82, 2.24) is 9.97 Å². The van der Waals surface area contributed by atoms with Gasteiger partial charge in [-0.2, -0.15) is 0 Å². The third kappa shape index (κ3) is 1.73. The second kappa shape index (κ2) is 4.28. The topological polar surface area (TPSA) is 41.8 Å². The Morgan fingerprint density at radius 2 is 1.80 bits per heavy atom. The Hall–Kier alpha value is -2.46. The highest BCUT2D eigenvalue weighted by molar-refractivity contribution is 7.71. The minimum Gasteiger partial charge on any atom is -0.453 e. The van der Waals surface area contributed by atoms with Gasteiger partial charge in [-0.05, 0) is 24.3 Å². The second-order valence-electron chi connectivity index (χ2n) is 4.57. The zero-order valence-corrected chi connectivity index (χ0v) is 11.3. The molecule has 0 atom stereocenters. The van der Waals surface area contributed by atoms with Crippen molar-refractivity contribution in [3.05, 3.63) is 59.1 Å². The molecule has 4 rings (SSSR count). The van der Waals surface area contributed by atoms with E-state index in [2.05, 4.69) is 9.97 Å². The summed E-state index contributed by atoms with van der Waals surface area (Å²) in [5.74, 6) is 1.35. The van der Waals surface area contributed by atoms with Crippen LogP contribution >= 0.6 is 12.2 Å². The van der Waals surface area contributed by atoms with Crippen molar-refractivity contribution in [3.8, 4) is 11.6 Å². The number of aromatic nitrogens is 2. The van der Waals surface area contributed by atoms with Crippen LogP contribution in [-0.2, 0) is 0 Å². The summed E-state index contributed by atoms with van der Waals surface area (Å²) in [5, 5.41) is 0.947. The molecule has 0 aliphatic rings. The van der Waals surface area contributed by atoms with E-state index in [1.807, 2.05) is 54.6 Å². The van der Waals surface area contributed by atoms with Gasteiger partial charge in [0, 0.05) is 11.5 Å². The van der Waals surface area contributed by atoms with Crippen molar-refractivity contribution >= 4 is 34.2 Å². The van der Waals surface area contributed by atoms with Gasteiger partial charge < -0.3 is 9.40 Å². The normalized spacial score (nSPS) is 11.2. The Labute approximate surface area is 119 Å². The Balaban J connectivity index is 1.99. The van der Waals surface area contributed by atoms with Crippen LogP contribution in [0.3, 0.4) is 0 Å². The van der Waals surface area contributed by atoms with Gasteiger partial charge >= 0.3 is 0 Å². The summed E-state index contributed by atoms with van der Waals surface area (Å²) in [4.78, 5) is 7.79. The smallest absolute Gasteiger partial charge is 0.174 e. The van der Waals surface area contributed by atoms with Crippen molar-refractivity contribution in [3.63, 3.8) is 0 Å². The number of rotatable bonds is 1. The van der Waals surface area contributed by atoms with Gasteiger partial charge in [-0.3, -0.25) is 0 Å². The molecule has 0 radical (unpaired) electrons. The zero-order valence-electron chi connectivity index (χ0n) is 10.5. The number of imidazole rings is 1. The van der Waals surface area contributed by atoms with Gasteiger partial charge in [0.2, 0.25) is 0 Å². The van der Waals surface area contributed by atoms with Crippen LogP contribution in [-0.4, -0.2) is 9.97 Å². The van der Waals surface area contributed by atoms with Crippen molar-refractivity contribution in [2.75, 3.05) is 0 Å². The highest BCUT2D eigenvalue weighted by Crippen LogP contribution is 2.25. The fraction of sp³-hybridized carbons (Fsp3) is 0. The van der Waals surface area contributed by atoms with Gasteiger partial charge in [0.1, 0.15) is 5.58 Å². The average Bonchev–Trinajstić information content (AvgIpc) is 2.91. The molecule has 0 bridgehead atoms. The summed E-state index contributed by atoms with van der Waals surface area (Å²) >= 11 is 5.42. The highest BCUT2D eigenvalue weighted by atomic mass is 32.1. The van der Waals surface area contributed by atoms with E-state index in [0.717, 1.165) is 26.5 Å². The van der Waals surface area contributed by atoms with Crippen molar-refractivity contribution < 1.29 is 4.42 Å². The molecule has 2 aromatic carbocycles. The van der Waals surface area contributed by atoms with Crippen LogP contribution < -0.4 is 0 Å². The van der Waals surface area contributed by atoms with Crippen LogP contribution in [0, 0.1) is 4.51 Å². The van der Waals surface area contributed by atoms with E-state index in [4.69, 9.17) is 16.6 Å². The third-order valence-electron chi connectivity index (χ3n) is 3.26. The van der Waals surface area contributed by atoms with Crippen molar-refractivity contribution in [2.24, 2.45) is 0 Å². The molecule has 4 aromatic rings. The standard InChI is InChI=1S/C16H10N2OS/c20-15-9-14(19-13-8-4-1-5-10(13)15)16-17-11-6-2-3-7-12(11)18-16/h1-9H,(H,17,18). The molecule has 4 heteroatoms. The Bertz CT molecular complexity index is 951. The molecule has 0 saturated carbocycles. The van der Waals surface area contributed by atoms with Crippen LogP contribution in [0.5, 0.6) is 0 Å². The Morgan fingerprint density at radius 1 is 1.00 bits per heavy atom. The molecule has 96 valence electrons. The van der Waals surface area contributed by atoms with Gasteiger partial charge in [0.05, 0.1) is 15.5 Å². The van der Waals surface area contributed by atoms with E-state index in [1.54, 1.807) is 0 Å². The van der Waals surface area contributed by atoms with Gasteiger partial charge in [-0.1, -0.05) is 36.5 Å². The largest absolute Gasteiger partial charge is 0.453 e. The Morgan fingerprint density at radius 3 is 2.70 bits per heavy atom. The molecule has 0 aliphatic heterocycles. The molecular weight excluding hydrogens is 268 g/mol. The molecule has 0 aliphatic carbocycles. The first kappa shape index (κ1) is 11.4. The lowest BCUT2D eigenvalue weighted by Gasteiger charge is -2.00. The summed E-state index contributed by atoms with van der Waals surface area (Å²) in [7, 11) is 0. The van der Waals surface area contributed by atoms with E-state index < -0.39 is 0 Å². The van der Waals surface area contributed by atoms with E-state index in [0.29, 0.717) is 11.6 Å². The predicted molar refractivity (Wildman–Crippen MR) is 82.1 cm³/mol. The summed E-state index contributed by atoms with van der Waals surface area (Å²) < 4.78 is 6.66. The lowest BCUT2D eigenvalue weighted by Crippen LogP contribution is -1.82. The van der Waals surface area contributed by atoms with Gasteiger partial charge in [-0.25, -0.2) is 4.98 Å². The maximum Gasteiger partial charge on any atom is 0.174 e. The summed E-state index contributed by atoms with van der Waals surface area (Å²) in [6.45, 7) is 0. The predicted octanol–water partition coefficient (Wildman–Crippen LogP) is 4.71. The molecule has 3 nitrogen and oxygen atoms in total. The number of benzene rings is 2. The first-order valence-electron chi connectivity index (χ1n) is 6.29. The molecule has 2 heterocycles. The first-order valence-corrected chi connectivity index (χ1v) is 6.70. The van der Waals surface area contributed by atoms with E-state index in [1.165, 1.54) is 0 Å². The molecule has 0 unspecified atom stereocenters. The van der Waals surface area contributed by atoms with Crippen LogP contribution in [0.1, 0.15) is 0 Å². The maximum atomic E-state index is 5.90. The van der Waals surface area contributed by atoms with E-state index in [9.17, 15) is 0 Å². The molecule has 2 aromatic heterocycles. The quantitative estimate of drug-likeness (QED) is 0.513. The monoisotopic (exact) mass is 278 g/mol. The summed E-state index contributed by atoms with van der Waals surface area (Å²) in [6.07, 6.45) is 0. The Kier molecular flexibility index (Phi) is 2.44. The zero-order chi connectivity index (χ0) is 13.5. The number of nitrogens with zero attached hydrogens (tertiary/aromatic N) is 1. The number of fused-ring (bicyclic) bond motifs is 2. The van der Waals surface area contributed by atoms with E-state index in [-0.39, 0.29) is 0 Å². The maximum absolute atomic E-state index is 5.90. The first-order chi connectivity index (χ1) is 9.81. The van der Waals surface area contributed by atoms with Gasteiger partial charge in [-0.15, -0.1) is 0 Å². The molecule has 20 heavy (non-hydrogen) atoms. The summed E-state index contributed by atoms with van der Waals surface area (Å²) in [5.41, 5.74) is 2.67. The number of H-pyrrole nitrogens is 1. The number of para-hydroxylation sites is 3. The van der Waals surface area contributed by atoms with Crippen LogP contribution in [0.15, 0.2) is 59.0 Å². The van der Waals surface area contributed by atoms with Crippen LogP contribution in [0.2, 0.25) is 0 Å². The lowest BCUT2D eigenvalue weighted by molar-refractivity contribution is 0.615. The molecule has 0 saturated heterocycles. The fourth-order valence-corrected chi connectivity index (χ4v) is 2.57. The highest BCUT2D eigenvalue weighted by Gasteiger charge is 2.09. The average molecular weight is 278 g/mol. The SMILES string of the molecule is S=c1cc(-c2nc3ccccc3[nH]2)oc2ccccc12. The lowest BCUT2D eigenvalue weighted by atomic mass is 10.2.